The fraction of sp³-hybridized carbons (Fsp3) is 0.636. The maximum Gasteiger partial charge on any atom is 0.236 e. The first kappa shape index (κ1) is 9.09. The van der Waals surface area contributed by atoms with Gasteiger partial charge in [-0.1, -0.05) is 6.08 Å². The van der Waals surface area contributed by atoms with E-state index < -0.39 is 0 Å². The van der Waals surface area contributed by atoms with E-state index in [-0.39, 0.29) is 35.9 Å². The highest BCUT2D eigenvalue weighted by Gasteiger charge is 2.61. The highest BCUT2D eigenvalue weighted by molar-refractivity contribution is 6.05. The lowest BCUT2D eigenvalue weighted by atomic mass is 9.81. The molecule has 4 heteroatoms. The summed E-state index contributed by atoms with van der Waals surface area (Å²) in [6.07, 6.45) is 3.58. The first-order valence-electron chi connectivity index (χ1n) is 5.35. The predicted molar refractivity (Wildman–Crippen MR) is 51.8 cm³/mol. The molecule has 1 aliphatic carbocycles. The number of epoxide rings is 1. The van der Waals surface area contributed by atoms with Crippen LogP contribution in [0.3, 0.4) is 0 Å². The Balaban J connectivity index is 1.89. The van der Waals surface area contributed by atoms with Gasteiger partial charge in [0.25, 0.3) is 0 Å². The van der Waals surface area contributed by atoms with Crippen molar-refractivity contribution >= 4 is 11.8 Å². The van der Waals surface area contributed by atoms with Crippen LogP contribution in [-0.2, 0) is 14.3 Å². The minimum atomic E-state index is -0.198. The van der Waals surface area contributed by atoms with E-state index in [4.69, 9.17) is 4.74 Å². The predicted octanol–water partition coefficient (Wildman–Crippen LogP) is 0.335. The lowest BCUT2D eigenvalue weighted by molar-refractivity contribution is -0.139. The van der Waals surface area contributed by atoms with E-state index >= 15 is 0 Å². The summed E-state index contributed by atoms with van der Waals surface area (Å²) in [6, 6.07) is 0. The van der Waals surface area contributed by atoms with Crippen LogP contribution in [0.4, 0.5) is 0 Å². The fourth-order valence-corrected chi connectivity index (χ4v) is 2.84. The summed E-state index contributed by atoms with van der Waals surface area (Å²) in [5, 5.41) is 0. The van der Waals surface area contributed by atoms with Crippen molar-refractivity contribution < 1.29 is 14.3 Å². The summed E-state index contributed by atoms with van der Waals surface area (Å²) in [5.41, 5.74) is 0. The lowest BCUT2D eigenvalue weighted by Crippen LogP contribution is -2.31. The van der Waals surface area contributed by atoms with Gasteiger partial charge < -0.3 is 4.74 Å². The zero-order valence-electron chi connectivity index (χ0n) is 8.39. The first-order chi connectivity index (χ1) is 7.24. The van der Waals surface area contributed by atoms with Crippen molar-refractivity contribution in [1.29, 1.82) is 0 Å². The molecule has 0 N–H and O–H groups in total. The standard InChI is InChI=1S/C11H13NO3/c1-2-5-12-10(13)6-3-4-7-9(15-7)8(6)11(12)14/h2,6-9H,1,3-5H2. The molecule has 2 aliphatic heterocycles. The molecule has 1 saturated carbocycles. The topological polar surface area (TPSA) is 49.9 Å². The highest BCUT2D eigenvalue weighted by Crippen LogP contribution is 2.48. The largest absolute Gasteiger partial charge is 0.369 e. The van der Waals surface area contributed by atoms with Crippen molar-refractivity contribution in [3.63, 3.8) is 0 Å². The van der Waals surface area contributed by atoms with Crippen LogP contribution in [0.15, 0.2) is 12.7 Å². The molecule has 0 aromatic rings. The minimum absolute atomic E-state index is 0.0232. The Labute approximate surface area is 87.9 Å². The molecule has 0 aromatic carbocycles. The number of carbonyl (C=O) groups excluding carboxylic acids is 2. The molecule has 2 saturated heterocycles. The van der Waals surface area contributed by atoms with Gasteiger partial charge in [-0.2, -0.15) is 0 Å². The summed E-state index contributed by atoms with van der Waals surface area (Å²) >= 11 is 0. The van der Waals surface area contributed by atoms with Gasteiger partial charge in [0.1, 0.15) is 0 Å². The number of imide groups is 1. The van der Waals surface area contributed by atoms with E-state index in [0.717, 1.165) is 12.8 Å². The van der Waals surface area contributed by atoms with Crippen molar-refractivity contribution in [3.8, 4) is 0 Å². The smallest absolute Gasteiger partial charge is 0.236 e. The Bertz CT molecular complexity index is 352. The summed E-state index contributed by atoms with van der Waals surface area (Å²) in [4.78, 5) is 25.2. The Kier molecular flexibility index (Phi) is 1.77. The molecule has 3 rings (SSSR count). The molecular weight excluding hydrogens is 194 g/mol. The number of amides is 2. The molecule has 0 spiro atoms. The molecule has 4 unspecified atom stereocenters. The second kappa shape index (κ2) is 2.92. The zero-order valence-corrected chi connectivity index (χ0v) is 8.39. The van der Waals surface area contributed by atoms with Crippen LogP contribution in [0, 0.1) is 11.8 Å². The number of likely N-dealkylation sites (tertiary alicyclic amines) is 1. The van der Waals surface area contributed by atoms with E-state index in [1.54, 1.807) is 6.08 Å². The molecule has 80 valence electrons. The Morgan fingerprint density at radius 2 is 2.20 bits per heavy atom. The number of nitrogens with zero attached hydrogens (tertiary/aromatic N) is 1. The minimum Gasteiger partial charge on any atom is -0.369 e. The number of ether oxygens (including phenoxy) is 1. The Morgan fingerprint density at radius 1 is 1.40 bits per heavy atom. The van der Waals surface area contributed by atoms with Crippen LogP contribution >= 0.6 is 0 Å². The van der Waals surface area contributed by atoms with Crippen molar-refractivity contribution in [2.75, 3.05) is 6.54 Å². The summed E-state index contributed by atoms with van der Waals surface area (Å²) in [5.74, 6) is -0.409. The number of hydrogen-bond donors (Lipinski definition) is 0. The van der Waals surface area contributed by atoms with Crippen molar-refractivity contribution in [1.82, 2.24) is 4.90 Å². The van der Waals surface area contributed by atoms with Crippen LogP contribution in [0.2, 0.25) is 0 Å². The van der Waals surface area contributed by atoms with Crippen molar-refractivity contribution in [2.45, 2.75) is 25.0 Å². The van der Waals surface area contributed by atoms with E-state index in [1.807, 2.05) is 0 Å². The summed E-state index contributed by atoms with van der Waals surface area (Å²) in [6.45, 7) is 3.90. The van der Waals surface area contributed by atoms with Gasteiger partial charge in [0.05, 0.1) is 24.0 Å². The van der Waals surface area contributed by atoms with Gasteiger partial charge in [-0.05, 0) is 12.8 Å². The Morgan fingerprint density at radius 3 is 2.93 bits per heavy atom. The van der Waals surface area contributed by atoms with Gasteiger partial charge in [-0.3, -0.25) is 14.5 Å². The van der Waals surface area contributed by atoms with Gasteiger partial charge in [0, 0.05) is 6.54 Å². The molecule has 15 heavy (non-hydrogen) atoms. The molecule has 3 fully saturated rings. The molecule has 2 heterocycles. The maximum atomic E-state index is 12.0. The van der Waals surface area contributed by atoms with Crippen LogP contribution in [0.25, 0.3) is 0 Å². The Hall–Kier alpha value is -1.16. The quantitative estimate of drug-likeness (QED) is 0.372. The molecule has 0 radical (unpaired) electrons. The van der Waals surface area contributed by atoms with Crippen molar-refractivity contribution in [3.05, 3.63) is 12.7 Å². The van der Waals surface area contributed by atoms with E-state index in [0.29, 0.717) is 6.54 Å². The molecule has 4 atom stereocenters. The number of carbonyl (C=O) groups is 2. The SMILES string of the molecule is C=CCN1C(=O)C2CCC3OC3C2C1=O. The van der Waals surface area contributed by atoms with Gasteiger partial charge in [0.15, 0.2) is 0 Å². The normalized spacial score (nSPS) is 42.5. The third-order valence-electron chi connectivity index (χ3n) is 3.62. The number of hydrogen-bond acceptors (Lipinski definition) is 3. The third kappa shape index (κ3) is 1.11. The average Bonchev–Trinajstić information content (AvgIpc) is 2.97. The second-order valence-corrected chi connectivity index (χ2v) is 4.42. The van der Waals surface area contributed by atoms with Gasteiger partial charge in [-0.15, -0.1) is 6.58 Å². The van der Waals surface area contributed by atoms with Gasteiger partial charge in [0.2, 0.25) is 11.8 Å². The average molecular weight is 207 g/mol. The highest BCUT2D eigenvalue weighted by atomic mass is 16.6. The van der Waals surface area contributed by atoms with Crippen LogP contribution < -0.4 is 0 Å². The monoisotopic (exact) mass is 207 g/mol. The van der Waals surface area contributed by atoms with Gasteiger partial charge >= 0.3 is 0 Å². The first-order valence-corrected chi connectivity index (χ1v) is 5.35. The van der Waals surface area contributed by atoms with E-state index in [1.165, 1.54) is 4.90 Å². The maximum absolute atomic E-state index is 12.0. The lowest BCUT2D eigenvalue weighted by Gasteiger charge is -2.16. The van der Waals surface area contributed by atoms with Crippen LogP contribution in [0.5, 0.6) is 0 Å². The van der Waals surface area contributed by atoms with E-state index in [2.05, 4.69) is 6.58 Å². The third-order valence-corrected chi connectivity index (χ3v) is 3.62. The summed E-state index contributed by atoms with van der Waals surface area (Å²) in [7, 11) is 0. The zero-order chi connectivity index (χ0) is 10.6. The van der Waals surface area contributed by atoms with E-state index in [9.17, 15) is 9.59 Å². The molecule has 2 amide bonds. The second-order valence-electron chi connectivity index (χ2n) is 4.42. The fourth-order valence-electron chi connectivity index (χ4n) is 2.84. The summed E-state index contributed by atoms with van der Waals surface area (Å²) < 4.78 is 5.41. The van der Waals surface area contributed by atoms with Crippen molar-refractivity contribution in [2.24, 2.45) is 11.8 Å². The molecule has 4 nitrogen and oxygen atoms in total. The molecule has 0 aromatic heterocycles. The van der Waals surface area contributed by atoms with Gasteiger partial charge in [-0.25, -0.2) is 0 Å². The molecular formula is C11H13NO3. The molecule has 3 aliphatic rings. The van der Waals surface area contributed by atoms with Crippen LogP contribution in [0.1, 0.15) is 12.8 Å². The number of fused-ring (bicyclic) bond motifs is 3. The number of rotatable bonds is 2. The van der Waals surface area contributed by atoms with Crippen LogP contribution in [-0.4, -0.2) is 35.5 Å². The molecule has 0 bridgehead atoms.